The van der Waals surface area contributed by atoms with Gasteiger partial charge in [-0.2, -0.15) is 0 Å². The van der Waals surface area contributed by atoms with Gasteiger partial charge in [0.05, 0.1) is 11.8 Å². The molecule has 6 atom stereocenters. The summed E-state index contributed by atoms with van der Waals surface area (Å²) < 4.78 is 5.91. The van der Waals surface area contributed by atoms with Crippen LogP contribution in [0.2, 0.25) is 0 Å². The van der Waals surface area contributed by atoms with Crippen LogP contribution in [-0.2, 0) is 14.4 Å². The van der Waals surface area contributed by atoms with Crippen molar-refractivity contribution < 1.29 is 19.1 Å². The number of nitrogens with one attached hydrogen (secondary N) is 1. The lowest BCUT2D eigenvalue weighted by atomic mass is 9.63. The fourth-order valence-electron chi connectivity index (χ4n) is 6.25. The summed E-state index contributed by atoms with van der Waals surface area (Å²) >= 11 is 0. The quantitative estimate of drug-likeness (QED) is 0.559. The Balaban J connectivity index is 1.09. The predicted molar refractivity (Wildman–Crippen MR) is 122 cm³/mol. The van der Waals surface area contributed by atoms with E-state index < -0.39 is 0 Å². The topological polar surface area (TPSA) is 75.7 Å². The Kier molecular flexibility index (Phi) is 4.47. The number of rotatable bonds is 5. The van der Waals surface area contributed by atoms with Crippen LogP contribution >= 0.6 is 0 Å². The van der Waals surface area contributed by atoms with Gasteiger partial charge < -0.3 is 10.1 Å². The number of amides is 3. The Labute approximate surface area is 192 Å². The highest BCUT2D eigenvalue weighted by molar-refractivity contribution is 6.09. The van der Waals surface area contributed by atoms with Gasteiger partial charge >= 0.3 is 0 Å². The van der Waals surface area contributed by atoms with Crippen molar-refractivity contribution in [2.45, 2.75) is 20.3 Å². The number of likely N-dealkylation sites (tertiary alicyclic amines) is 1. The molecule has 5 aliphatic rings. The number of hydrogen-bond acceptors (Lipinski definition) is 4. The van der Waals surface area contributed by atoms with Gasteiger partial charge in [0.25, 0.3) is 0 Å². The maximum absolute atomic E-state index is 13.0. The minimum atomic E-state index is -0.371. The summed E-state index contributed by atoms with van der Waals surface area (Å²) in [6.07, 6.45) is 5.40. The lowest BCUT2D eigenvalue weighted by Gasteiger charge is -2.37. The van der Waals surface area contributed by atoms with Crippen molar-refractivity contribution in [2.24, 2.45) is 35.5 Å². The Morgan fingerprint density at radius 1 is 0.909 bits per heavy atom. The molecule has 0 unspecified atom stereocenters. The molecule has 6 nitrogen and oxygen atoms in total. The van der Waals surface area contributed by atoms with Crippen LogP contribution in [0, 0.1) is 49.4 Å². The molecule has 168 valence electrons. The normalized spacial score (nSPS) is 30.8. The van der Waals surface area contributed by atoms with E-state index in [1.165, 1.54) is 4.90 Å². The van der Waals surface area contributed by atoms with Gasteiger partial charge in [0, 0.05) is 5.69 Å². The van der Waals surface area contributed by atoms with E-state index in [1.54, 1.807) is 24.3 Å². The summed E-state index contributed by atoms with van der Waals surface area (Å²) in [6.45, 7) is 3.81. The summed E-state index contributed by atoms with van der Waals surface area (Å²) in [5, 5.41) is 2.80. The molecule has 3 fully saturated rings. The molecular weight excluding hydrogens is 416 g/mol. The van der Waals surface area contributed by atoms with Crippen LogP contribution in [0.4, 0.5) is 5.69 Å². The van der Waals surface area contributed by atoms with Crippen LogP contribution in [0.25, 0.3) is 0 Å². The molecule has 7 rings (SSSR count). The van der Waals surface area contributed by atoms with Crippen molar-refractivity contribution >= 4 is 23.4 Å². The summed E-state index contributed by atoms with van der Waals surface area (Å²) in [4.78, 5) is 39.9. The first-order valence-corrected chi connectivity index (χ1v) is 11.6. The van der Waals surface area contributed by atoms with Crippen molar-refractivity contribution in [2.75, 3.05) is 11.9 Å². The third kappa shape index (κ3) is 3.36. The number of aryl methyl sites for hydroxylation is 2. The van der Waals surface area contributed by atoms with Gasteiger partial charge in [0.1, 0.15) is 18.0 Å². The van der Waals surface area contributed by atoms with Crippen LogP contribution in [0.5, 0.6) is 11.5 Å². The molecule has 1 heterocycles. The molecule has 0 spiro atoms. The molecule has 6 heteroatoms. The maximum Gasteiger partial charge on any atom is 0.244 e. The van der Waals surface area contributed by atoms with Gasteiger partial charge in [-0.3, -0.25) is 19.3 Å². The van der Waals surface area contributed by atoms with Crippen molar-refractivity contribution in [3.63, 3.8) is 0 Å². The molecule has 0 aromatic heterocycles. The summed E-state index contributed by atoms with van der Waals surface area (Å²) in [7, 11) is 0. The number of nitrogens with zero attached hydrogens (tertiary/aromatic N) is 1. The highest BCUT2D eigenvalue weighted by Gasteiger charge is 2.67. The van der Waals surface area contributed by atoms with Gasteiger partial charge in [-0.05, 0) is 91.5 Å². The number of benzene rings is 2. The van der Waals surface area contributed by atoms with E-state index in [2.05, 4.69) is 23.5 Å². The van der Waals surface area contributed by atoms with E-state index >= 15 is 0 Å². The summed E-state index contributed by atoms with van der Waals surface area (Å²) in [6, 6.07) is 13.1. The first-order valence-electron chi connectivity index (χ1n) is 11.6. The lowest BCUT2D eigenvalue weighted by molar-refractivity contribution is -0.142. The number of hydrogen-bond donors (Lipinski definition) is 1. The Morgan fingerprint density at radius 3 is 2.06 bits per heavy atom. The monoisotopic (exact) mass is 442 g/mol. The molecule has 1 aliphatic heterocycles. The Bertz CT molecular complexity index is 1140. The number of allylic oxidation sites excluding steroid dienone is 2. The molecule has 1 N–H and O–H groups in total. The van der Waals surface area contributed by atoms with E-state index in [0.717, 1.165) is 23.3 Å². The third-order valence-corrected chi connectivity index (χ3v) is 7.62. The van der Waals surface area contributed by atoms with Crippen LogP contribution in [0.15, 0.2) is 54.6 Å². The van der Waals surface area contributed by atoms with E-state index in [-0.39, 0.29) is 47.9 Å². The Morgan fingerprint density at radius 2 is 1.48 bits per heavy atom. The summed E-state index contributed by atoms with van der Waals surface area (Å²) in [5.74, 6) is 1.58. The van der Waals surface area contributed by atoms with Gasteiger partial charge in [-0.15, -0.1) is 0 Å². The van der Waals surface area contributed by atoms with Crippen molar-refractivity contribution in [3.05, 3.63) is 65.7 Å². The van der Waals surface area contributed by atoms with Gasteiger partial charge in [0.2, 0.25) is 17.7 Å². The van der Waals surface area contributed by atoms with Gasteiger partial charge in [0.15, 0.2) is 0 Å². The molecule has 3 amide bonds. The molecule has 2 saturated carbocycles. The minimum Gasteiger partial charge on any atom is -0.457 e. The molecule has 4 aliphatic carbocycles. The second-order valence-electron chi connectivity index (χ2n) is 9.92. The van der Waals surface area contributed by atoms with Crippen LogP contribution in [0.1, 0.15) is 17.5 Å². The zero-order valence-electron chi connectivity index (χ0n) is 18.7. The molecule has 0 radical (unpaired) electrons. The van der Waals surface area contributed by atoms with Crippen LogP contribution in [-0.4, -0.2) is 29.2 Å². The molecule has 33 heavy (non-hydrogen) atoms. The lowest BCUT2D eigenvalue weighted by Crippen LogP contribution is -2.40. The standard InChI is InChI=1S/C27H26N2O4/c1-14-9-15(2)11-18(10-14)33-17-5-3-16(4-6-17)28-23(30)13-29-26(31)24-19-7-8-20(22-12-21(19)22)25(24)27(29)32/h3-11,19-22,24-25H,12-13H2,1-2H3,(H,28,30)/t19-,20-,21-,22-,24-,25+/m1/s1. The number of imide groups is 1. The van der Waals surface area contributed by atoms with Crippen LogP contribution < -0.4 is 10.1 Å². The number of carbonyl (C=O) groups excluding carboxylic acids is 3. The number of anilines is 1. The molecule has 2 bridgehead atoms. The minimum absolute atomic E-state index is 0.166. The van der Waals surface area contributed by atoms with Crippen molar-refractivity contribution in [1.82, 2.24) is 4.90 Å². The zero-order chi connectivity index (χ0) is 22.9. The highest BCUT2D eigenvalue weighted by atomic mass is 16.5. The van der Waals surface area contributed by atoms with Crippen molar-refractivity contribution in [3.8, 4) is 11.5 Å². The fraction of sp³-hybridized carbons (Fsp3) is 0.370. The SMILES string of the molecule is Cc1cc(C)cc(Oc2ccc(NC(=O)CN3C(=O)[C@@H]4[C@@H]5C=C[C@H]([C@H]6C[C@H]56)[C@@H]4C3=O)cc2)c1. The smallest absolute Gasteiger partial charge is 0.244 e. The highest BCUT2D eigenvalue weighted by Crippen LogP contribution is 2.65. The second kappa shape index (κ2) is 7.30. The summed E-state index contributed by atoms with van der Waals surface area (Å²) in [5.41, 5.74) is 2.84. The molecule has 1 saturated heterocycles. The zero-order valence-corrected chi connectivity index (χ0v) is 18.7. The van der Waals surface area contributed by atoms with E-state index in [0.29, 0.717) is 23.3 Å². The van der Waals surface area contributed by atoms with Gasteiger partial charge in [-0.25, -0.2) is 0 Å². The largest absolute Gasteiger partial charge is 0.457 e. The molecular formula is C27H26N2O4. The second-order valence-corrected chi connectivity index (χ2v) is 9.92. The molecule has 2 aromatic rings. The maximum atomic E-state index is 13.0. The number of carbonyl (C=O) groups is 3. The molecule has 2 aromatic carbocycles. The first kappa shape index (κ1) is 20.2. The van der Waals surface area contributed by atoms with E-state index in [1.807, 2.05) is 26.0 Å². The van der Waals surface area contributed by atoms with Gasteiger partial charge in [-0.1, -0.05) is 18.2 Å². The predicted octanol–water partition coefficient (Wildman–Crippen LogP) is 4.09. The first-order chi connectivity index (χ1) is 15.9. The average molecular weight is 443 g/mol. The van der Waals surface area contributed by atoms with E-state index in [9.17, 15) is 14.4 Å². The fourth-order valence-corrected chi connectivity index (χ4v) is 6.25. The Hall–Kier alpha value is -3.41. The number of ether oxygens (including phenoxy) is 1. The van der Waals surface area contributed by atoms with E-state index in [4.69, 9.17) is 4.74 Å². The van der Waals surface area contributed by atoms with Crippen LogP contribution in [0.3, 0.4) is 0 Å². The average Bonchev–Trinajstić information content (AvgIpc) is 3.55. The third-order valence-electron chi connectivity index (χ3n) is 7.62. The van der Waals surface area contributed by atoms with Crippen molar-refractivity contribution in [1.29, 1.82) is 0 Å².